The van der Waals surface area contributed by atoms with E-state index >= 15 is 0 Å². The number of esters is 1. The minimum absolute atomic E-state index is 0.00634. The van der Waals surface area contributed by atoms with Gasteiger partial charge in [0.25, 0.3) is 5.82 Å². The smallest absolute Gasteiger partial charge is 0.378 e. The van der Waals surface area contributed by atoms with E-state index in [2.05, 4.69) is 14.8 Å². The van der Waals surface area contributed by atoms with Crippen LogP contribution in [-0.2, 0) is 4.74 Å². The van der Waals surface area contributed by atoms with Gasteiger partial charge in [-0.3, -0.25) is 0 Å². The van der Waals surface area contributed by atoms with Crippen LogP contribution in [0, 0.1) is 0 Å². The molecule has 0 aliphatic carbocycles. The number of carbonyl (C=O) groups excluding carboxylic acids is 1. The van der Waals surface area contributed by atoms with E-state index in [9.17, 15) is 4.79 Å². The first kappa shape index (κ1) is 7.52. The zero-order chi connectivity index (χ0) is 8.27. The molecule has 0 atom stereocenters. The number of ether oxygens (including phenoxy) is 1. The number of nitrogen functional groups attached to an aromatic ring is 1. The average Bonchev–Trinajstić information content (AvgIpc) is 2.36. The van der Waals surface area contributed by atoms with E-state index in [0.29, 0.717) is 6.61 Å². The fraction of sp³-hybridized carbons (Fsp3) is 0.400. The summed E-state index contributed by atoms with van der Waals surface area (Å²) in [5, 5.41) is 3.50. The average molecular weight is 156 g/mol. The number of rotatable bonds is 2. The molecule has 1 aromatic rings. The predicted molar refractivity (Wildman–Crippen MR) is 36.1 cm³/mol. The Hall–Kier alpha value is -1.59. The third-order valence-electron chi connectivity index (χ3n) is 1.03. The highest BCUT2D eigenvalue weighted by Crippen LogP contribution is 1.91. The van der Waals surface area contributed by atoms with Crippen LogP contribution in [-0.4, -0.2) is 27.4 Å². The lowest BCUT2D eigenvalue weighted by Gasteiger charge is -1.98. The zero-order valence-electron chi connectivity index (χ0n) is 6.02. The van der Waals surface area contributed by atoms with Crippen molar-refractivity contribution in [2.24, 2.45) is 0 Å². The van der Waals surface area contributed by atoms with Crippen LogP contribution in [0.3, 0.4) is 0 Å². The van der Waals surface area contributed by atoms with Crippen LogP contribution in [0.1, 0.15) is 17.5 Å². The van der Waals surface area contributed by atoms with Gasteiger partial charge in [0, 0.05) is 0 Å². The quantitative estimate of drug-likeness (QED) is 0.446. The Bertz CT molecular complexity index is 257. The van der Waals surface area contributed by atoms with Crippen molar-refractivity contribution in [3.63, 3.8) is 0 Å². The standard InChI is InChI=1S/C5H8N4O2/c1-2-11-5(10)4-7-3-8-9(4)6/h3H,2,6H2,1H3. The van der Waals surface area contributed by atoms with Gasteiger partial charge in [0.15, 0.2) is 0 Å². The Balaban J connectivity index is 2.76. The maximum Gasteiger partial charge on any atom is 0.378 e. The summed E-state index contributed by atoms with van der Waals surface area (Å²) < 4.78 is 4.62. The van der Waals surface area contributed by atoms with Gasteiger partial charge in [-0.1, -0.05) is 0 Å². The first-order valence-electron chi connectivity index (χ1n) is 3.08. The van der Waals surface area contributed by atoms with Gasteiger partial charge in [-0.25, -0.2) is 9.78 Å². The Morgan fingerprint density at radius 1 is 1.91 bits per heavy atom. The second-order valence-electron chi connectivity index (χ2n) is 1.75. The van der Waals surface area contributed by atoms with Crippen LogP contribution in [0.25, 0.3) is 0 Å². The molecule has 0 unspecified atom stereocenters. The SMILES string of the molecule is CCOC(=O)c1ncnn1N. The van der Waals surface area contributed by atoms with E-state index < -0.39 is 5.97 Å². The summed E-state index contributed by atoms with van der Waals surface area (Å²) in [6.45, 7) is 2.00. The van der Waals surface area contributed by atoms with Gasteiger partial charge in [0.1, 0.15) is 6.33 Å². The second-order valence-corrected chi connectivity index (χ2v) is 1.75. The molecular weight excluding hydrogens is 148 g/mol. The Labute approximate surface area is 62.9 Å². The van der Waals surface area contributed by atoms with Gasteiger partial charge in [-0.2, -0.15) is 4.79 Å². The molecular formula is C5H8N4O2. The Kier molecular flexibility index (Phi) is 2.05. The molecule has 0 amide bonds. The fourth-order valence-corrected chi connectivity index (χ4v) is 0.592. The van der Waals surface area contributed by atoms with Gasteiger partial charge in [0.2, 0.25) is 0 Å². The normalized spacial score (nSPS) is 9.55. The van der Waals surface area contributed by atoms with Crippen molar-refractivity contribution in [1.82, 2.24) is 14.9 Å². The molecule has 6 nitrogen and oxygen atoms in total. The number of carbonyl (C=O) groups is 1. The summed E-state index contributed by atoms with van der Waals surface area (Å²) >= 11 is 0. The van der Waals surface area contributed by atoms with Crippen molar-refractivity contribution in [3.05, 3.63) is 12.2 Å². The van der Waals surface area contributed by atoms with Crippen molar-refractivity contribution in [3.8, 4) is 0 Å². The van der Waals surface area contributed by atoms with Crippen LogP contribution in [0.2, 0.25) is 0 Å². The van der Waals surface area contributed by atoms with E-state index in [1.54, 1.807) is 6.92 Å². The Morgan fingerprint density at radius 3 is 3.09 bits per heavy atom. The first-order valence-corrected chi connectivity index (χ1v) is 3.08. The molecule has 1 rings (SSSR count). The maximum absolute atomic E-state index is 10.9. The molecule has 0 spiro atoms. The number of nitrogens with zero attached hydrogens (tertiary/aromatic N) is 3. The molecule has 60 valence electrons. The van der Waals surface area contributed by atoms with Crippen LogP contribution < -0.4 is 5.84 Å². The lowest BCUT2D eigenvalue weighted by molar-refractivity contribution is 0.0507. The molecule has 1 heterocycles. The molecule has 1 aromatic heterocycles. The topological polar surface area (TPSA) is 83.0 Å². The van der Waals surface area contributed by atoms with Gasteiger partial charge < -0.3 is 10.6 Å². The number of hydrogen-bond donors (Lipinski definition) is 1. The first-order chi connectivity index (χ1) is 5.25. The molecule has 6 heteroatoms. The van der Waals surface area contributed by atoms with Gasteiger partial charge >= 0.3 is 5.97 Å². The molecule has 2 N–H and O–H groups in total. The zero-order valence-corrected chi connectivity index (χ0v) is 6.02. The monoisotopic (exact) mass is 156 g/mol. The summed E-state index contributed by atoms with van der Waals surface area (Å²) in [5.41, 5.74) is 0. The molecule has 0 bridgehead atoms. The predicted octanol–water partition coefficient (Wildman–Crippen LogP) is -0.831. The maximum atomic E-state index is 10.9. The van der Waals surface area contributed by atoms with Gasteiger partial charge in [-0.05, 0) is 6.92 Å². The summed E-state index contributed by atoms with van der Waals surface area (Å²) in [5.74, 6) is 4.66. The summed E-state index contributed by atoms with van der Waals surface area (Å²) in [7, 11) is 0. The molecule has 0 aromatic carbocycles. The molecule has 0 fully saturated rings. The van der Waals surface area contributed by atoms with E-state index in [0.717, 1.165) is 4.79 Å². The summed E-state index contributed by atoms with van der Waals surface area (Å²) in [4.78, 5) is 15.4. The van der Waals surface area contributed by atoms with E-state index in [-0.39, 0.29) is 5.82 Å². The molecule has 0 radical (unpaired) electrons. The van der Waals surface area contributed by atoms with Crippen LogP contribution >= 0.6 is 0 Å². The minimum atomic E-state index is -0.563. The largest absolute Gasteiger partial charge is 0.460 e. The van der Waals surface area contributed by atoms with E-state index in [1.165, 1.54) is 6.33 Å². The third kappa shape index (κ3) is 1.46. The van der Waals surface area contributed by atoms with Gasteiger partial charge in [-0.15, -0.1) is 5.10 Å². The highest BCUT2D eigenvalue weighted by molar-refractivity contribution is 5.85. The molecule has 11 heavy (non-hydrogen) atoms. The highest BCUT2D eigenvalue weighted by atomic mass is 16.5. The molecule has 0 aliphatic heterocycles. The lowest BCUT2D eigenvalue weighted by Crippen LogP contribution is -2.20. The van der Waals surface area contributed by atoms with Crippen LogP contribution in [0.15, 0.2) is 6.33 Å². The van der Waals surface area contributed by atoms with Gasteiger partial charge in [0.05, 0.1) is 6.61 Å². The fourth-order valence-electron chi connectivity index (χ4n) is 0.592. The van der Waals surface area contributed by atoms with E-state index in [1.807, 2.05) is 0 Å². The third-order valence-corrected chi connectivity index (χ3v) is 1.03. The minimum Gasteiger partial charge on any atom is -0.460 e. The molecule has 0 aliphatic rings. The van der Waals surface area contributed by atoms with Crippen molar-refractivity contribution in [2.45, 2.75) is 6.92 Å². The van der Waals surface area contributed by atoms with Crippen LogP contribution in [0.4, 0.5) is 0 Å². The van der Waals surface area contributed by atoms with Crippen molar-refractivity contribution in [1.29, 1.82) is 0 Å². The highest BCUT2D eigenvalue weighted by Gasteiger charge is 2.12. The van der Waals surface area contributed by atoms with Crippen molar-refractivity contribution >= 4 is 5.97 Å². The Morgan fingerprint density at radius 2 is 2.64 bits per heavy atom. The summed E-state index contributed by atoms with van der Waals surface area (Å²) in [6, 6.07) is 0. The lowest BCUT2D eigenvalue weighted by atomic mass is 10.6. The van der Waals surface area contributed by atoms with Crippen molar-refractivity contribution < 1.29 is 9.53 Å². The van der Waals surface area contributed by atoms with Crippen LogP contribution in [0.5, 0.6) is 0 Å². The molecule has 0 saturated heterocycles. The number of aromatic nitrogens is 3. The van der Waals surface area contributed by atoms with Crippen molar-refractivity contribution in [2.75, 3.05) is 12.4 Å². The second kappa shape index (κ2) is 3.00. The number of hydrogen-bond acceptors (Lipinski definition) is 5. The number of nitrogens with two attached hydrogens (primary N) is 1. The van der Waals surface area contributed by atoms with E-state index in [4.69, 9.17) is 5.84 Å². The summed E-state index contributed by atoms with van der Waals surface area (Å²) in [6.07, 6.45) is 1.19. The molecule has 0 saturated carbocycles.